The summed E-state index contributed by atoms with van der Waals surface area (Å²) in [4.78, 5) is 9.68. The van der Waals surface area contributed by atoms with Crippen molar-refractivity contribution in [1.29, 1.82) is 0 Å². The van der Waals surface area contributed by atoms with Gasteiger partial charge in [-0.2, -0.15) is 10.2 Å². The lowest BCUT2D eigenvalue weighted by atomic mass is 9.88. The van der Waals surface area contributed by atoms with Crippen LogP contribution in [0.3, 0.4) is 0 Å². The van der Waals surface area contributed by atoms with E-state index in [4.69, 9.17) is 5.73 Å². The molecular weight excluding hydrogens is 360 g/mol. The first-order valence-corrected chi connectivity index (χ1v) is 7.78. The molecule has 0 unspecified atom stereocenters. The summed E-state index contributed by atoms with van der Waals surface area (Å²) in [6.45, 7) is 0. The number of rotatable bonds is 3. The zero-order chi connectivity index (χ0) is 19.1. The predicted octanol–water partition coefficient (Wildman–Crippen LogP) is 3.20. The highest BCUT2D eigenvalue weighted by Crippen LogP contribution is 2.45. The van der Waals surface area contributed by atoms with Gasteiger partial charge in [-0.05, 0) is 0 Å². The standard InChI is InChI=1S/C7H7F2N3O2.C7H9F2N3/c8-7(9)1-5(2-7)11-4-6(3-10-11)12(13)14;8-7(9)1-6(2-7)12-4-5(10)3-11-12/h3-5H,1-2H2;3-4,6H,1-2,10H2. The van der Waals surface area contributed by atoms with E-state index >= 15 is 0 Å². The van der Waals surface area contributed by atoms with Gasteiger partial charge in [-0.1, -0.05) is 0 Å². The maximum Gasteiger partial charge on any atom is 0.307 e. The van der Waals surface area contributed by atoms with E-state index in [9.17, 15) is 27.7 Å². The van der Waals surface area contributed by atoms with Crippen LogP contribution < -0.4 is 5.73 Å². The Labute approximate surface area is 144 Å². The highest BCUT2D eigenvalue weighted by Gasteiger charge is 2.47. The smallest absolute Gasteiger partial charge is 0.307 e. The van der Waals surface area contributed by atoms with Gasteiger partial charge in [-0.25, -0.2) is 17.6 Å². The number of hydrogen-bond acceptors (Lipinski definition) is 5. The van der Waals surface area contributed by atoms with Crippen LogP contribution >= 0.6 is 0 Å². The van der Waals surface area contributed by atoms with E-state index in [1.807, 2.05) is 0 Å². The molecule has 0 atom stereocenters. The van der Waals surface area contributed by atoms with E-state index < -0.39 is 22.8 Å². The van der Waals surface area contributed by atoms with Crippen LogP contribution in [0.25, 0.3) is 0 Å². The van der Waals surface area contributed by atoms with Crippen LogP contribution in [0.15, 0.2) is 24.8 Å². The highest BCUT2D eigenvalue weighted by molar-refractivity contribution is 5.30. The largest absolute Gasteiger partial charge is 0.396 e. The molecule has 0 aliphatic heterocycles. The second kappa shape index (κ2) is 6.25. The van der Waals surface area contributed by atoms with Gasteiger partial charge < -0.3 is 5.73 Å². The summed E-state index contributed by atoms with van der Waals surface area (Å²) in [5.74, 6) is -5.13. The molecule has 2 saturated carbocycles. The van der Waals surface area contributed by atoms with E-state index in [-0.39, 0.29) is 37.4 Å². The molecule has 2 heterocycles. The maximum absolute atomic E-state index is 12.5. The van der Waals surface area contributed by atoms with Crippen molar-refractivity contribution in [3.05, 3.63) is 34.9 Å². The Hall–Kier alpha value is -2.66. The molecule has 2 aliphatic carbocycles. The number of nitrogen functional groups attached to an aromatic ring is 1. The van der Waals surface area contributed by atoms with Crippen LogP contribution in [0, 0.1) is 10.1 Å². The molecule has 0 amide bonds. The molecule has 0 aromatic carbocycles. The minimum atomic E-state index is -2.63. The number of nitro groups is 1. The van der Waals surface area contributed by atoms with Gasteiger partial charge in [0.15, 0.2) is 0 Å². The van der Waals surface area contributed by atoms with Crippen molar-refractivity contribution in [1.82, 2.24) is 19.6 Å². The van der Waals surface area contributed by atoms with Gasteiger partial charge in [-0.3, -0.25) is 19.5 Å². The first kappa shape index (κ1) is 18.1. The lowest BCUT2D eigenvalue weighted by molar-refractivity contribution is -0.385. The van der Waals surface area contributed by atoms with Gasteiger partial charge in [0.1, 0.15) is 12.4 Å². The minimum Gasteiger partial charge on any atom is -0.396 e. The second-order valence-electron chi connectivity index (χ2n) is 6.53. The Kier molecular flexibility index (Phi) is 4.36. The minimum absolute atomic E-state index is 0.117. The van der Waals surface area contributed by atoms with E-state index in [0.29, 0.717) is 5.69 Å². The van der Waals surface area contributed by atoms with Gasteiger partial charge >= 0.3 is 5.69 Å². The van der Waals surface area contributed by atoms with E-state index in [1.165, 1.54) is 21.8 Å². The summed E-state index contributed by atoms with van der Waals surface area (Å²) in [5, 5.41) is 17.8. The predicted molar refractivity (Wildman–Crippen MR) is 82.0 cm³/mol. The Morgan fingerprint density at radius 3 is 1.81 bits per heavy atom. The number of aromatic nitrogens is 4. The topological polar surface area (TPSA) is 105 Å². The lowest BCUT2D eigenvalue weighted by Crippen LogP contribution is -2.37. The quantitative estimate of drug-likeness (QED) is 0.503. The molecule has 26 heavy (non-hydrogen) atoms. The zero-order valence-electron chi connectivity index (χ0n) is 13.4. The third-order valence-corrected chi connectivity index (χ3v) is 4.31. The normalized spacial score (nSPS) is 21.2. The second-order valence-corrected chi connectivity index (χ2v) is 6.53. The molecule has 8 nitrogen and oxygen atoms in total. The summed E-state index contributed by atoms with van der Waals surface area (Å²) in [5.41, 5.74) is 5.74. The van der Waals surface area contributed by atoms with Gasteiger partial charge in [0, 0.05) is 31.9 Å². The maximum atomic E-state index is 12.5. The van der Waals surface area contributed by atoms with Crippen molar-refractivity contribution in [3.8, 4) is 0 Å². The summed E-state index contributed by atoms with van der Waals surface area (Å²) < 4.78 is 52.5. The third-order valence-electron chi connectivity index (χ3n) is 4.31. The van der Waals surface area contributed by atoms with E-state index in [0.717, 1.165) is 6.20 Å². The Bertz CT molecular complexity index is 789. The van der Waals surface area contributed by atoms with Crippen molar-refractivity contribution in [2.24, 2.45) is 0 Å². The van der Waals surface area contributed by atoms with Crippen LogP contribution in [0.5, 0.6) is 0 Å². The molecule has 0 radical (unpaired) electrons. The molecule has 2 fully saturated rings. The first-order valence-electron chi connectivity index (χ1n) is 7.78. The van der Waals surface area contributed by atoms with E-state index in [1.54, 1.807) is 6.20 Å². The fourth-order valence-electron chi connectivity index (χ4n) is 2.81. The van der Waals surface area contributed by atoms with Crippen LogP contribution in [-0.2, 0) is 0 Å². The van der Waals surface area contributed by atoms with Gasteiger partial charge in [-0.15, -0.1) is 0 Å². The summed E-state index contributed by atoms with van der Waals surface area (Å²) in [6.07, 6.45) is 4.49. The summed E-state index contributed by atoms with van der Waals surface area (Å²) in [7, 11) is 0. The number of nitrogens with two attached hydrogens (primary N) is 1. The molecule has 4 rings (SSSR count). The SMILES string of the molecule is Nc1cnn(C2CC(F)(F)C2)c1.O=[N+]([O-])c1cnn(C2CC(F)(F)C2)c1. The van der Waals surface area contributed by atoms with Crippen molar-refractivity contribution in [2.45, 2.75) is 49.6 Å². The molecule has 0 bridgehead atoms. The van der Waals surface area contributed by atoms with E-state index in [2.05, 4.69) is 10.2 Å². The molecule has 142 valence electrons. The lowest BCUT2D eigenvalue weighted by Gasteiger charge is -2.34. The summed E-state index contributed by atoms with van der Waals surface area (Å²) >= 11 is 0. The van der Waals surface area contributed by atoms with Gasteiger partial charge in [0.2, 0.25) is 0 Å². The molecule has 12 heteroatoms. The van der Waals surface area contributed by atoms with Crippen molar-refractivity contribution >= 4 is 11.4 Å². The fraction of sp³-hybridized carbons (Fsp3) is 0.571. The Morgan fingerprint density at radius 2 is 1.46 bits per heavy atom. The Balaban J connectivity index is 0.000000152. The average molecular weight is 376 g/mol. The molecule has 2 aromatic rings. The van der Waals surface area contributed by atoms with Crippen LogP contribution in [0.2, 0.25) is 0 Å². The monoisotopic (exact) mass is 376 g/mol. The van der Waals surface area contributed by atoms with Crippen molar-refractivity contribution in [3.63, 3.8) is 0 Å². The highest BCUT2D eigenvalue weighted by atomic mass is 19.3. The molecular formula is C14H16F4N6O2. The van der Waals surface area contributed by atoms with Crippen molar-refractivity contribution < 1.29 is 22.5 Å². The molecule has 0 spiro atoms. The average Bonchev–Trinajstić information content (AvgIpc) is 3.11. The van der Waals surface area contributed by atoms with Crippen molar-refractivity contribution in [2.75, 3.05) is 5.73 Å². The van der Waals surface area contributed by atoms with Crippen LogP contribution in [0.1, 0.15) is 37.8 Å². The summed E-state index contributed by atoms with van der Waals surface area (Å²) in [6, 6.07) is -0.573. The Morgan fingerprint density at radius 1 is 1.00 bits per heavy atom. The van der Waals surface area contributed by atoms with Gasteiger partial charge in [0.05, 0.1) is 28.9 Å². The number of anilines is 1. The number of hydrogen-bond donors (Lipinski definition) is 1. The van der Waals surface area contributed by atoms with Gasteiger partial charge in [0.25, 0.3) is 11.8 Å². The van der Waals surface area contributed by atoms with Crippen LogP contribution in [-0.4, -0.2) is 36.3 Å². The van der Waals surface area contributed by atoms with Crippen LogP contribution in [0.4, 0.5) is 28.9 Å². The molecule has 2 aromatic heterocycles. The first-order chi connectivity index (χ1) is 12.0. The molecule has 2 N–H and O–H groups in total. The zero-order valence-corrected chi connectivity index (χ0v) is 13.4. The number of nitrogens with zero attached hydrogens (tertiary/aromatic N) is 5. The fourth-order valence-corrected chi connectivity index (χ4v) is 2.81. The molecule has 2 aliphatic rings. The molecule has 0 saturated heterocycles. The number of alkyl halides is 4. The number of halogens is 4. The third kappa shape index (κ3) is 3.94.